The molecule has 0 aromatic heterocycles. The summed E-state index contributed by atoms with van der Waals surface area (Å²) in [6.45, 7) is 5.39. The maximum absolute atomic E-state index is 10.9. The van der Waals surface area contributed by atoms with Gasteiger partial charge in [-0.3, -0.25) is 4.79 Å². The van der Waals surface area contributed by atoms with Crippen molar-refractivity contribution >= 4 is 5.97 Å². The van der Waals surface area contributed by atoms with E-state index in [1.165, 1.54) is 0 Å². The second-order valence-electron chi connectivity index (χ2n) is 3.05. The van der Waals surface area contributed by atoms with Crippen LogP contribution in [-0.2, 0) is 9.63 Å². The van der Waals surface area contributed by atoms with Crippen molar-refractivity contribution in [2.45, 2.75) is 13.3 Å². The Labute approximate surface area is 73.0 Å². The number of nitrogens with zero attached hydrogens (tertiary/aromatic N) is 2. The van der Waals surface area contributed by atoms with E-state index in [2.05, 4.69) is 11.9 Å². The van der Waals surface area contributed by atoms with Crippen LogP contribution in [-0.4, -0.2) is 49.2 Å². The van der Waals surface area contributed by atoms with E-state index in [0.29, 0.717) is 6.42 Å². The summed E-state index contributed by atoms with van der Waals surface area (Å²) in [5.74, 6) is -0.139. The number of carbonyl (C=O) groups is 1. The Morgan fingerprint density at radius 2 is 1.92 bits per heavy atom. The van der Waals surface area contributed by atoms with E-state index in [1.54, 1.807) is 12.0 Å². The van der Waals surface area contributed by atoms with Crippen LogP contribution in [0.2, 0.25) is 0 Å². The van der Waals surface area contributed by atoms with Gasteiger partial charge >= 0.3 is 5.97 Å². The van der Waals surface area contributed by atoms with Crippen LogP contribution < -0.4 is 0 Å². The molecule has 70 valence electrons. The van der Waals surface area contributed by atoms with Gasteiger partial charge in [0.25, 0.3) is 0 Å². The Morgan fingerprint density at radius 1 is 1.33 bits per heavy atom. The molecule has 1 saturated heterocycles. The van der Waals surface area contributed by atoms with Gasteiger partial charge in [0.2, 0.25) is 0 Å². The summed E-state index contributed by atoms with van der Waals surface area (Å²) in [5, 5.41) is 1.74. The molecule has 0 N–H and O–H groups in total. The van der Waals surface area contributed by atoms with E-state index in [9.17, 15) is 4.79 Å². The van der Waals surface area contributed by atoms with Gasteiger partial charge in [0, 0.05) is 32.6 Å². The molecule has 1 rings (SSSR count). The SMILES string of the molecule is CCC(=O)ON1CCN(C)CC1. The molecule has 0 atom stereocenters. The average molecular weight is 172 g/mol. The van der Waals surface area contributed by atoms with Gasteiger partial charge in [0.1, 0.15) is 0 Å². The van der Waals surface area contributed by atoms with Crippen LogP contribution in [0.15, 0.2) is 0 Å². The van der Waals surface area contributed by atoms with Crippen LogP contribution in [0, 0.1) is 0 Å². The molecular weight excluding hydrogens is 156 g/mol. The quantitative estimate of drug-likeness (QED) is 0.591. The third kappa shape index (κ3) is 2.79. The molecule has 1 aliphatic rings. The number of piperazine rings is 1. The van der Waals surface area contributed by atoms with Gasteiger partial charge in [-0.25, -0.2) is 0 Å². The molecule has 4 heteroatoms. The minimum absolute atomic E-state index is 0.139. The van der Waals surface area contributed by atoms with Crippen molar-refractivity contribution in [2.24, 2.45) is 0 Å². The fourth-order valence-electron chi connectivity index (χ4n) is 1.09. The van der Waals surface area contributed by atoms with Gasteiger partial charge in [0.15, 0.2) is 0 Å². The normalized spacial score (nSPS) is 20.8. The van der Waals surface area contributed by atoms with Crippen LogP contribution in [0.25, 0.3) is 0 Å². The van der Waals surface area contributed by atoms with E-state index >= 15 is 0 Å². The number of hydrogen-bond donors (Lipinski definition) is 0. The summed E-state index contributed by atoms with van der Waals surface area (Å²) in [7, 11) is 2.07. The third-order valence-corrected chi connectivity index (χ3v) is 1.98. The molecule has 0 bridgehead atoms. The summed E-state index contributed by atoms with van der Waals surface area (Å²) in [6, 6.07) is 0. The van der Waals surface area contributed by atoms with Crippen LogP contribution in [0.5, 0.6) is 0 Å². The molecule has 0 aromatic rings. The molecule has 1 fully saturated rings. The van der Waals surface area contributed by atoms with Crippen LogP contribution in [0.3, 0.4) is 0 Å². The minimum atomic E-state index is -0.139. The molecule has 0 radical (unpaired) electrons. The van der Waals surface area contributed by atoms with Gasteiger partial charge in [-0.15, -0.1) is 5.06 Å². The molecule has 0 spiro atoms. The lowest BCUT2D eigenvalue weighted by Gasteiger charge is -2.30. The number of hydroxylamine groups is 2. The topological polar surface area (TPSA) is 32.8 Å². The molecule has 0 aliphatic carbocycles. The van der Waals surface area contributed by atoms with Gasteiger partial charge in [-0.1, -0.05) is 6.92 Å². The summed E-state index contributed by atoms with van der Waals surface area (Å²) < 4.78 is 0. The fourth-order valence-corrected chi connectivity index (χ4v) is 1.09. The van der Waals surface area contributed by atoms with E-state index in [-0.39, 0.29) is 5.97 Å². The predicted octanol–water partition coefficient (Wildman–Crippen LogP) is 0.102. The predicted molar refractivity (Wildman–Crippen MR) is 45.5 cm³/mol. The van der Waals surface area contributed by atoms with Crippen molar-refractivity contribution < 1.29 is 9.63 Å². The minimum Gasteiger partial charge on any atom is -0.368 e. The van der Waals surface area contributed by atoms with Crippen molar-refractivity contribution in [1.29, 1.82) is 0 Å². The first-order valence-corrected chi connectivity index (χ1v) is 4.36. The maximum atomic E-state index is 10.9. The number of hydrogen-bond acceptors (Lipinski definition) is 4. The first kappa shape index (κ1) is 9.48. The van der Waals surface area contributed by atoms with Crippen molar-refractivity contribution in [3.8, 4) is 0 Å². The van der Waals surface area contributed by atoms with Gasteiger partial charge < -0.3 is 9.74 Å². The van der Waals surface area contributed by atoms with Gasteiger partial charge in [-0.2, -0.15) is 0 Å². The van der Waals surface area contributed by atoms with Crippen molar-refractivity contribution in [2.75, 3.05) is 33.2 Å². The van der Waals surface area contributed by atoms with E-state index in [1.807, 2.05) is 0 Å². The maximum Gasteiger partial charge on any atom is 0.324 e. The monoisotopic (exact) mass is 172 g/mol. The van der Waals surface area contributed by atoms with E-state index in [4.69, 9.17) is 4.84 Å². The lowest BCUT2D eigenvalue weighted by molar-refractivity contribution is -0.196. The Kier molecular flexibility index (Phi) is 3.49. The Hall–Kier alpha value is -0.610. The van der Waals surface area contributed by atoms with Crippen LogP contribution in [0.1, 0.15) is 13.3 Å². The molecular formula is C8H16N2O2. The largest absolute Gasteiger partial charge is 0.368 e. The average Bonchev–Trinajstić information content (AvgIpc) is 2.09. The first-order valence-electron chi connectivity index (χ1n) is 4.36. The van der Waals surface area contributed by atoms with Crippen LogP contribution in [0.4, 0.5) is 0 Å². The lowest BCUT2D eigenvalue weighted by Crippen LogP contribution is -2.45. The third-order valence-electron chi connectivity index (χ3n) is 1.98. The van der Waals surface area contributed by atoms with Crippen LogP contribution >= 0.6 is 0 Å². The molecule has 4 nitrogen and oxygen atoms in total. The summed E-state index contributed by atoms with van der Waals surface area (Å²) >= 11 is 0. The molecule has 0 saturated carbocycles. The number of rotatable bonds is 2. The zero-order valence-electron chi connectivity index (χ0n) is 7.75. The Bertz CT molecular complexity index is 153. The molecule has 1 aliphatic heterocycles. The highest BCUT2D eigenvalue weighted by Crippen LogP contribution is 2.00. The number of carbonyl (C=O) groups excluding carboxylic acids is 1. The number of likely N-dealkylation sites (N-methyl/N-ethyl adjacent to an activating group) is 1. The second kappa shape index (κ2) is 4.42. The fraction of sp³-hybridized carbons (Fsp3) is 0.875. The standard InChI is InChI=1S/C8H16N2O2/c1-3-8(11)12-10-6-4-9(2)5-7-10/h3-7H2,1-2H3. The molecule has 0 amide bonds. The summed E-state index contributed by atoms with van der Waals surface area (Å²) in [4.78, 5) is 18.2. The smallest absolute Gasteiger partial charge is 0.324 e. The highest BCUT2D eigenvalue weighted by atomic mass is 16.7. The van der Waals surface area contributed by atoms with Crippen molar-refractivity contribution in [3.63, 3.8) is 0 Å². The highest BCUT2D eigenvalue weighted by molar-refractivity contribution is 5.68. The second-order valence-corrected chi connectivity index (χ2v) is 3.05. The highest BCUT2D eigenvalue weighted by Gasteiger charge is 2.16. The molecule has 0 unspecified atom stereocenters. The van der Waals surface area contributed by atoms with Gasteiger partial charge in [-0.05, 0) is 7.05 Å². The zero-order valence-corrected chi connectivity index (χ0v) is 7.75. The summed E-state index contributed by atoms with van der Waals surface area (Å²) in [6.07, 6.45) is 0.451. The summed E-state index contributed by atoms with van der Waals surface area (Å²) in [5.41, 5.74) is 0. The van der Waals surface area contributed by atoms with Crippen molar-refractivity contribution in [3.05, 3.63) is 0 Å². The molecule has 0 aromatic carbocycles. The van der Waals surface area contributed by atoms with E-state index < -0.39 is 0 Å². The first-order chi connectivity index (χ1) is 5.72. The van der Waals surface area contributed by atoms with Crippen molar-refractivity contribution in [1.82, 2.24) is 9.96 Å². The Morgan fingerprint density at radius 3 is 2.42 bits per heavy atom. The van der Waals surface area contributed by atoms with Gasteiger partial charge in [0.05, 0.1) is 0 Å². The molecule has 1 heterocycles. The Balaban J connectivity index is 2.21. The molecule has 12 heavy (non-hydrogen) atoms. The lowest BCUT2D eigenvalue weighted by atomic mass is 10.4. The zero-order chi connectivity index (χ0) is 8.97. The van der Waals surface area contributed by atoms with E-state index in [0.717, 1.165) is 26.2 Å².